The molecule has 0 saturated carbocycles. The Bertz CT molecular complexity index is 639. The van der Waals surface area contributed by atoms with Crippen molar-refractivity contribution in [3.63, 3.8) is 0 Å². The monoisotopic (exact) mass is 269 g/mol. The van der Waals surface area contributed by atoms with Crippen LogP contribution in [-0.2, 0) is 12.8 Å². The van der Waals surface area contributed by atoms with E-state index in [9.17, 15) is 5.11 Å². The number of aryl methyl sites for hydroxylation is 3. The highest BCUT2D eigenvalue weighted by Gasteiger charge is 2.24. The maximum absolute atomic E-state index is 10.2. The van der Waals surface area contributed by atoms with Gasteiger partial charge in [0.05, 0.1) is 11.8 Å². The Labute approximate surface area is 121 Å². The number of hydrogen-bond acceptors (Lipinski definition) is 1. The third-order valence-corrected chi connectivity index (χ3v) is 4.50. The topological polar surface area (TPSA) is 25.2 Å². The number of para-hydroxylation sites is 1. The molecule has 2 nitrogen and oxygen atoms in total. The van der Waals surface area contributed by atoms with Gasteiger partial charge in [-0.15, -0.1) is 0 Å². The SMILES string of the molecule is CCc1cccc(C)c1-n1c(C)cc2c1CCCC2O. The fourth-order valence-corrected chi connectivity index (χ4v) is 3.51. The molecule has 0 bridgehead atoms. The average Bonchev–Trinajstić information content (AvgIpc) is 2.76. The summed E-state index contributed by atoms with van der Waals surface area (Å²) >= 11 is 0. The van der Waals surface area contributed by atoms with E-state index < -0.39 is 0 Å². The molecule has 0 radical (unpaired) electrons. The van der Waals surface area contributed by atoms with Crippen molar-refractivity contribution in [2.24, 2.45) is 0 Å². The number of fused-ring (bicyclic) bond motifs is 1. The molecule has 1 aliphatic carbocycles. The van der Waals surface area contributed by atoms with Crippen molar-refractivity contribution >= 4 is 0 Å². The molecule has 1 aliphatic rings. The van der Waals surface area contributed by atoms with E-state index in [0.29, 0.717) is 0 Å². The van der Waals surface area contributed by atoms with Crippen LogP contribution in [0, 0.1) is 13.8 Å². The highest BCUT2D eigenvalue weighted by atomic mass is 16.3. The number of hydrogen-bond donors (Lipinski definition) is 1. The summed E-state index contributed by atoms with van der Waals surface area (Å²) in [7, 11) is 0. The van der Waals surface area contributed by atoms with Gasteiger partial charge in [-0.05, 0) is 56.7 Å². The Hall–Kier alpha value is -1.54. The third-order valence-electron chi connectivity index (χ3n) is 4.50. The van der Waals surface area contributed by atoms with Gasteiger partial charge in [-0.1, -0.05) is 25.1 Å². The van der Waals surface area contributed by atoms with Crippen molar-refractivity contribution in [1.82, 2.24) is 4.57 Å². The van der Waals surface area contributed by atoms with Crippen LogP contribution in [-0.4, -0.2) is 9.67 Å². The second-order valence-corrected chi connectivity index (χ2v) is 5.87. The van der Waals surface area contributed by atoms with E-state index in [-0.39, 0.29) is 6.10 Å². The third kappa shape index (κ3) is 1.99. The first-order valence-corrected chi connectivity index (χ1v) is 7.61. The molecule has 0 saturated heterocycles. The van der Waals surface area contributed by atoms with Crippen LogP contribution in [0.3, 0.4) is 0 Å². The van der Waals surface area contributed by atoms with Crippen LogP contribution in [0.2, 0.25) is 0 Å². The van der Waals surface area contributed by atoms with Crippen LogP contribution < -0.4 is 0 Å². The van der Waals surface area contributed by atoms with E-state index in [2.05, 4.69) is 49.6 Å². The summed E-state index contributed by atoms with van der Waals surface area (Å²) in [5.41, 5.74) is 7.70. The summed E-state index contributed by atoms with van der Waals surface area (Å²) in [6, 6.07) is 8.70. The van der Waals surface area contributed by atoms with Crippen molar-refractivity contribution in [3.05, 3.63) is 52.3 Å². The maximum atomic E-state index is 10.2. The molecule has 1 unspecified atom stereocenters. The molecule has 1 atom stereocenters. The van der Waals surface area contributed by atoms with E-state index in [1.807, 2.05) is 0 Å². The van der Waals surface area contributed by atoms with Gasteiger partial charge in [-0.3, -0.25) is 0 Å². The van der Waals surface area contributed by atoms with Crippen LogP contribution in [0.15, 0.2) is 24.3 Å². The molecule has 0 amide bonds. The Morgan fingerprint density at radius 2 is 2.10 bits per heavy atom. The Kier molecular flexibility index (Phi) is 3.43. The van der Waals surface area contributed by atoms with E-state index in [1.54, 1.807) is 0 Å². The van der Waals surface area contributed by atoms with Crippen LogP contribution in [0.25, 0.3) is 5.69 Å². The van der Waals surface area contributed by atoms with Gasteiger partial charge < -0.3 is 9.67 Å². The molecule has 1 aromatic heterocycles. The lowest BCUT2D eigenvalue weighted by molar-refractivity contribution is 0.156. The summed E-state index contributed by atoms with van der Waals surface area (Å²) in [5, 5.41) is 10.2. The second-order valence-electron chi connectivity index (χ2n) is 5.87. The summed E-state index contributed by atoms with van der Waals surface area (Å²) in [5.74, 6) is 0. The maximum Gasteiger partial charge on any atom is 0.0807 e. The van der Waals surface area contributed by atoms with E-state index >= 15 is 0 Å². The molecule has 0 spiro atoms. The molecule has 2 heteroatoms. The zero-order valence-corrected chi connectivity index (χ0v) is 12.6. The lowest BCUT2D eigenvalue weighted by atomic mass is 9.95. The van der Waals surface area contributed by atoms with Gasteiger partial charge in [0.1, 0.15) is 0 Å². The number of rotatable bonds is 2. The Morgan fingerprint density at radius 3 is 2.85 bits per heavy atom. The Morgan fingerprint density at radius 1 is 1.30 bits per heavy atom. The molecule has 20 heavy (non-hydrogen) atoms. The predicted octanol–water partition coefficient (Wildman–Crippen LogP) is 4.03. The molecule has 1 N–H and O–H groups in total. The first-order valence-electron chi connectivity index (χ1n) is 7.61. The van der Waals surface area contributed by atoms with Crippen molar-refractivity contribution in [2.75, 3.05) is 0 Å². The van der Waals surface area contributed by atoms with Gasteiger partial charge in [-0.25, -0.2) is 0 Å². The highest BCUT2D eigenvalue weighted by molar-refractivity contribution is 5.52. The first-order chi connectivity index (χ1) is 9.63. The molecule has 3 rings (SSSR count). The van der Waals surface area contributed by atoms with E-state index in [1.165, 1.54) is 28.2 Å². The van der Waals surface area contributed by atoms with Gasteiger partial charge in [0.2, 0.25) is 0 Å². The smallest absolute Gasteiger partial charge is 0.0807 e. The molecule has 0 fully saturated rings. The van der Waals surface area contributed by atoms with Crippen molar-refractivity contribution in [3.8, 4) is 5.69 Å². The number of benzene rings is 1. The molecule has 1 heterocycles. The van der Waals surface area contributed by atoms with Crippen molar-refractivity contribution in [2.45, 2.75) is 52.6 Å². The van der Waals surface area contributed by atoms with Gasteiger partial charge in [-0.2, -0.15) is 0 Å². The fourth-order valence-electron chi connectivity index (χ4n) is 3.51. The zero-order chi connectivity index (χ0) is 14.3. The Balaban J connectivity index is 2.26. The lowest BCUT2D eigenvalue weighted by Gasteiger charge is -2.23. The van der Waals surface area contributed by atoms with Crippen molar-refractivity contribution < 1.29 is 5.11 Å². The van der Waals surface area contributed by atoms with Crippen LogP contribution in [0.4, 0.5) is 0 Å². The fraction of sp³-hybridized carbons (Fsp3) is 0.444. The minimum atomic E-state index is -0.284. The minimum absolute atomic E-state index is 0.284. The normalized spacial score (nSPS) is 18.1. The lowest BCUT2D eigenvalue weighted by Crippen LogP contribution is -2.13. The summed E-state index contributed by atoms with van der Waals surface area (Å²) in [4.78, 5) is 0. The van der Waals surface area contributed by atoms with E-state index in [4.69, 9.17) is 0 Å². The van der Waals surface area contributed by atoms with Crippen LogP contribution in [0.5, 0.6) is 0 Å². The number of aliphatic hydroxyl groups excluding tert-OH is 1. The van der Waals surface area contributed by atoms with Crippen molar-refractivity contribution in [1.29, 1.82) is 0 Å². The molecule has 1 aromatic carbocycles. The standard InChI is InChI=1S/C18H23NO/c1-4-14-8-5-7-12(2)18(14)19-13(3)11-15-16(19)9-6-10-17(15)20/h5,7-8,11,17,20H,4,6,9-10H2,1-3H3. The second kappa shape index (κ2) is 5.10. The van der Waals surface area contributed by atoms with Gasteiger partial charge in [0.15, 0.2) is 0 Å². The van der Waals surface area contributed by atoms with Crippen LogP contribution >= 0.6 is 0 Å². The summed E-state index contributed by atoms with van der Waals surface area (Å²) in [6.07, 6.45) is 3.78. The zero-order valence-electron chi connectivity index (χ0n) is 12.6. The van der Waals surface area contributed by atoms with Gasteiger partial charge >= 0.3 is 0 Å². The average molecular weight is 269 g/mol. The van der Waals surface area contributed by atoms with Gasteiger partial charge in [0.25, 0.3) is 0 Å². The number of nitrogens with zero attached hydrogens (tertiary/aromatic N) is 1. The largest absolute Gasteiger partial charge is 0.388 e. The molecule has 2 aromatic rings. The quantitative estimate of drug-likeness (QED) is 0.875. The molecule has 0 aliphatic heterocycles. The molecule has 106 valence electrons. The number of aromatic nitrogens is 1. The predicted molar refractivity (Wildman–Crippen MR) is 82.5 cm³/mol. The molecular weight excluding hydrogens is 246 g/mol. The van der Waals surface area contributed by atoms with Gasteiger partial charge in [0, 0.05) is 17.0 Å². The molecular formula is C18H23NO. The highest BCUT2D eigenvalue weighted by Crippen LogP contribution is 2.35. The van der Waals surface area contributed by atoms with Crippen LogP contribution in [0.1, 0.15) is 53.9 Å². The minimum Gasteiger partial charge on any atom is -0.388 e. The summed E-state index contributed by atoms with van der Waals surface area (Å²) < 4.78 is 2.38. The summed E-state index contributed by atoms with van der Waals surface area (Å²) in [6.45, 7) is 6.54. The number of aliphatic hydroxyl groups is 1. The first kappa shape index (κ1) is 13.4. The van der Waals surface area contributed by atoms with E-state index in [0.717, 1.165) is 31.2 Å².